The summed E-state index contributed by atoms with van der Waals surface area (Å²) in [5, 5.41) is 3.56. The van der Waals surface area contributed by atoms with E-state index in [0.717, 1.165) is 41.9 Å². The van der Waals surface area contributed by atoms with Gasteiger partial charge >= 0.3 is 0 Å². The van der Waals surface area contributed by atoms with Crippen LogP contribution in [0.15, 0.2) is 28.3 Å². The molecule has 1 aromatic rings. The molecule has 2 aliphatic rings. The number of fused-ring (bicyclic) bond motifs is 1. The van der Waals surface area contributed by atoms with Crippen molar-refractivity contribution in [1.29, 1.82) is 0 Å². The molecule has 0 saturated carbocycles. The molecule has 1 atom stereocenters. The molecule has 25 heavy (non-hydrogen) atoms. The predicted molar refractivity (Wildman–Crippen MR) is 103 cm³/mol. The number of benzene rings is 1. The molecule has 4 nitrogen and oxygen atoms in total. The number of methoxy groups -OCH3 is 1. The van der Waals surface area contributed by atoms with E-state index in [1.54, 1.807) is 5.57 Å². The smallest absolute Gasteiger partial charge is 0.231 e. The van der Waals surface area contributed by atoms with E-state index >= 15 is 0 Å². The minimum Gasteiger partial charge on any atom is -0.454 e. The fraction of sp³-hybridized carbons (Fsp3) is 0.600. The molecule has 0 saturated heterocycles. The van der Waals surface area contributed by atoms with Crippen LogP contribution in [0, 0.1) is 0 Å². The molecule has 0 radical (unpaired) electrons. The van der Waals surface area contributed by atoms with E-state index in [2.05, 4.69) is 33.4 Å². The van der Waals surface area contributed by atoms with Crippen molar-refractivity contribution in [3.05, 3.63) is 33.8 Å². The maximum Gasteiger partial charge on any atom is 0.231 e. The number of ether oxygens (including phenoxy) is 3. The van der Waals surface area contributed by atoms with Crippen LogP contribution in [0.25, 0.3) is 0 Å². The normalized spacial score (nSPS) is 19.1. The van der Waals surface area contributed by atoms with Crippen LogP contribution in [0.5, 0.6) is 11.5 Å². The fourth-order valence-electron chi connectivity index (χ4n) is 3.47. The van der Waals surface area contributed by atoms with Crippen molar-refractivity contribution < 1.29 is 14.2 Å². The van der Waals surface area contributed by atoms with Crippen LogP contribution in [0.1, 0.15) is 44.1 Å². The molecule has 0 fully saturated rings. The summed E-state index contributed by atoms with van der Waals surface area (Å²) in [6.45, 7) is 2.45. The van der Waals surface area contributed by atoms with Crippen molar-refractivity contribution in [2.45, 2.75) is 51.0 Å². The molecular weight excluding hydrogens is 382 g/mol. The average Bonchev–Trinajstić information content (AvgIpc) is 3.08. The van der Waals surface area contributed by atoms with Gasteiger partial charge in [0.25, 0.3) is 0 Å². The van der Waals surface area contributed by atoms with E-state index in [4.69, 9.17) is 14.2 Å². The number of rotatable bonds is 9. The highest BCUT2D eigenvalue weighted by molar-refractivity contribution is 9.10. The van der Waals surface area contributed by atoms with Gasteiger partial charge in [0.05, 0.1) is 6.10 Å². The van der Waals surface area contributed by atoms with Crippen LogP contribution in [-0.4, -0.2) is 33.1 Å². The van der Waals surface area contributed by atoms with Crippen LogP contribution >= 0.6 is 15.9 Å². The molecule has 0 amide bonds. The molecule has 1 aliphatic heterocycles. The SMILES string of the molecule is COC1C=C(CCCNCCCc2cc3c(cc2Br)OCO3)CCC1. The lowest BCUT2D eigenvalue weighted by Crippen LogP contribution is -2.18. The second-order valence-corrected chi connectivity index (χ2v) is 7.60. The van der Waals surface area contributed by atoms with Crippen LogP contribution in [0.4, 0.5) is 0 Å². The van der Waals surface area contributed by atoms with Crippen LogP contribution < -0.4 is 14.8 Å². The van der Waals surface area contributed by atoms with E-state index in [0.29, 0.717) is 12.9 Å². The molecular formula is C20H28BrNO3. The second-order valence-electron chi connectivity index (χ2n) is 6.75. The lowest BCUT2D eigenvalue weighted by molar-refractivity contribution is 0.126. The van der Waals surface area contributed by atoms with Crippen LogP contribution in [0.2, 0.25) is 0 Å². The van der Waals surface area contributed by atoms with Crippen molar-refractivity contribution in [1.82, 2.24) is 5.32 Å². The third kappa shape index (κ3) is 5.47. The zero-order chi connectivity index (χ0) is 17.5. The highest BCUT2D eigenvalue weighted by atomic mass is 79.9. The Hall–Kier alpha value is -1.04. The largest absolute Gasteiger partial charge is 0.454 e. The molecule has 1 aromatic carbocycles. The lowest BCUT2D eigenvalue weighted by Gasteiger charge is -2.20. The van der Waals surface area contributed by atoms with E-state index in [1.807, 2.05) is 13.2 Å². The van der Waals surface area contributed by atoms with Gasteiger partial charge in [-0.25, -0.2) is 0 Å². The summed E-state index contributed by atoms with van der Waals surface area (Å²) < 4.78 is 17.4. The average molecular weight is 410 g/mol. The summed E-state index contributed by atoms with van der Waals surface area (Å²) in [5.74, 6) is 1.70. The Labute approximate surface area is 159 Å². The fourth-order valence-corrected chi connectivity index (χ4v) is 3.99. The first-order valence-electron chi connectivity index (χ1n) is 9.27. The summed E-state index contributed by atoms with van der Waals surface area (Å²) in [6.07, 6.45) is 10.9. The maximum atomic E-state index is 5.45. The summed E-state index contributed by atoms with van der Waals surface area (Å²) in [4.78, 5) is 0. The van der Waals surface area contributed by atoms with Gasteiger partial charge in [-0.3, -0.25) is 0 Å². The molecule has 0 spiro atoms. The van der Waals surface area contributed by atoms with Gasteiger partial charge in [-0.15, -0.1) is 0 Å². The summed E-state index contributed by atoms with van der Waals surface area (Å²) in [5.41, 5.74) is 2.85. The molecule has 1 unspecified atom stereocenters. The molecule has 5 heteroatoms. The van der Waals surface area contributed by atoms with Crippen molar-refractivity contribution in [2.75, 3.05) is 27.0 Å². The number of halogens is 1. The molecule has 1 N–H and O–H groups in total. The Morgan fingerprint density at radius 1 is 1.16 bits per heavy atom. The summed E-state index contributed by atoms with van der Waals surface area (Å²) >= 11 is 3.63. The number of hydrogen-bond acceptors (Lipinski definition) is 4. The van der Waals surface area contributed by atoms with Crippen molar-refractivity contribution in [2.24, 2.45) is 0 Å². The summed E-state index contributed by atoms with van der Waals surface area (Å²) in [7, 11) is 1.81. The number of aryl methyl sites for hydroxylation is 1. The number of hydrogen-bond donors (Lipinski definition) is 1. The number of allylic oxidation sites excluding steroid dienone is 1. The Kier molecular flexibility index (Phi) is 7.20. The lowest BCUT2D eigenvalue weighted by atomic mass is 9.94. The molecule has 1 heterocycles. The molecule has 0 aromatic heterocycles. The van der Waals surface area contributed by atoms with Crippen LogP contribution in [0.3, 0.4) is 0 Å². The van der Waals surface area contributed by atoms with Gasteiger partial charge in [0, 0.05) is 11.6 Å². The van der Waals surface area contributed by atoms with E-state index in [1.165, 1.54) is 37.7 Å². The van der Waals surface area contributed by atoms with Gasteiger partial charge < -0.3 is 19.5 Å². The van der Waals surface area contributed by atoms with Gasteiger partial charge in [-0.1, -0.05) is 27.6 Å². The van der Waals surface area contributed by atoms with Gasteiger partial charge in [-0.05, 0) is 75.7 Å². The zero-order valence-electron chi connectivity index (χ0n) is 15.0. The zero-order valence-corrected chi connectivity index (χ0v) is 16.6. The first-order valence-corrected chi connectivity index (χ1v) is 10.1. The van der Waals surface area contributed by atoms with Crippen molar-refractivity contribution in [3.8, 4) is 11.5 Å². The minimum atomic E-state index is 0.328. The van der Waals surface area contributed by atoms with Gasteiger partial charge in [0.1, 0.15) is 0 Å². The monoisotopic (exact) mass is 409 g/mol. The van der Waals surface area contributed by atoms with E-state index in [-0.39, 0.29) is 0 Å². The standard InChI is InChI=1S/C20H28BrNO3/c1-23-17-8-2-5-15(11-17)6-3-9-22-10-4-7-16-12-19-20(13-18(16)21)25-14-24-19/h11-13,17,22H,2-10,14H2,1H3. The van der Waals surface area contributed by atoms with Gasteiger partial charge in [0.15, 0.2) is 11.5 Å². The molecule has 1 aliphatic carbocycles. The molecule has 3 rings (SSSR count). The van der Waals surface area contributed by atoms with Gasteiger partial charge in [0.2, 0.25) is 6.79 Å². The quantitative estimate of drug-likeness (QED) is 0.477. The van der Waals surface area contributed by atoms with Crippen LogP contribution in [-0.2, 0) is 11.2 Å². The predicted octanol–water partition coefficient (Wildman–Crippen LogP) is 4.61. The first-order chi connectivity index (χ1) is 12.3. The Bertz CT molecular complexity index is 603. The third-order valence-corrected chi connectivity index (χ3v) is 5.64. The van der Waals surface area contributed by atoms with Crippen molar-refractivity contribution in [3.63, 3.8) is 0 Å². The first kappa shape index (κ1) is 18.7. The third-order valence-electron chi connectivity index (χ3n) is 4.90. The maximum absolute atomic E-state index is 5.45. The Morgan fingerprint density at radius 2 is 1.92 bits per heavy atom. The molecule has 138 valence electrons. The second kappa shape index (κ2) is 9.60. The van der Waals surface area contributed by atoms with Gasteiger partial charge in [-0.2, -0.15) is 0 Å². The highest BCUT2D eigenvalue weighted by Gasteiger charge is 2.16. The minimum absolute atomic E-state index is 0.328. The van der Waals surface area contributed by atoms with E-state index in [9.17, 15) is 0 Å². The Balaban J connectivity index is 1.30. The number of nitrogens with one attached hydrogen (secondary N) is 1. The van der Waals surface area contributed by atoms with E-state index < -0.39 is 0 Å². The van der Waals surface area contributed by atoms with Crippen molar-refractivity contribution >= 4 is 15.9 Å². The topological polar surface area (TPSA) is 39.7 Å². The molecule has 0 bridgehead atoms. The highest BCUT2D eigenvalue weighted by Crippen LogP contribution is 2.37. The Morgan fingerprint density at radius 3 is 2.72 bits per heavy atom. The summed E-state index contributed by atoms with van der Waals surface area (Å²) in [6, 6.07) is 4.10.